The van der Waals surface area contributed by atoms with Gasteiger partial charge in [0, 0.05) is 47.2 Å². The molecule has 0 saturated carbocycles. The summed E-state index contributed by atoms with van der Waals surface area (Å²) < 4.78 is 61.6. The van der Waals surface area contributed by atoms with Gasteiger partial charge in [0.25, 0.3) is 0 Å². The van der Waals surface area contributed by atoms with Crippen molar-refractivity contribution >= 4 is 21.8 Å². The molecular formula is C32H33F4N5O. The van der Waals surface area contributed by atoms with Crippen molar-refractivity contribution in [2.75, 3.05) is 33.7 Å². The van der Waals surface area contributed by atoms with Gasteiger partial charge in [0.1, 0.15) is 5.82 Å². The highest BCUT2D eigenvalue weighted by atomic mass is 19.4. The zero-order chi connectivity index (χ0) is 29.6. The van der Waals surface area contributed by atoms with Crippen LogP contribution < -0.4 is 0 Å². The Morgan fingerprint density at radius 2 is 1.74 bits per heavy atom. The molecule has 2 aromatic heterocycles. The molecule has 0 radical (unpaired) electrons. The third-order valence-corrected chi connectivity index (χ3v) is 8.50. The molecule has 3 aromatic carbocycles. The number of halogens is 4. The molecule has 5 aromatic rings. The third-order valence-electron chi connectivity index (χ3n) is 8.50. The van der Waals surface area contributed by atoms with Crippen molar-refractivity contribution in [3.8, 4) is 5.69 Å². The van der Waals surface area contributed by atoms with Crippen molar-refractivity contribution in [1.82, 2.24) is 24.1 Å². The van der Waals surface area contributed by atoms with Gasteiger partial charge in [-0.2, -0.15) is 18.3 Å². The van der Waals surface area contributed by atoms with Crippen LogP contribution in [-0.4, -0.2) is 75.2 Å². The van der Waals surface area contributed by atoms with Crippen LogP contribution in [0.15, 0.2) is 79.1 Å². The smallest absolute Gasteiger partial charge is 0.372 e. The second-order valence-corrected chi connectivity index (χ2v) is 11.3. The van der Waals surface area contributed by atoms with Gasteiger partial charge in [-0.3, -0.25) is 0 Å². The van der Waals surface area contributed by atoms with Gasteiger partial charge in [-0.05, 0) is 88.1 Å². The molecule has 0 amide bonds. The Labute approximate surface area is 241 Å². The molecule has 1 unspecified atom stereocenters. The Balaban J connectivity index is 1.35. The number of para-hydroxylation sites is 1. The number of likely N-dealkylation sites (N-methyl/N-ethyl adjacent to an activating group) is 1. The number of likely N-dealkylation sites (tertiary alicyclic amines) is 1. The summed E-state index contributed by atoms with van der Waals surface area (Å²) in [5.74, 6) is -0.402. The molecule has 1 N–H and O–H groups in total. The average molecular weight is 580 g/mol. The fourth-order valence-corrected chi connectivity index (χ4v) is 6.14. The fourth-order valence-electron chi connectivity index (χ4n) is 6.14. The van der Waals surface area contributed by atoms with E-state index in [4.69, 9.17) is 0 Å². The van der Waals surface area contributed by atoms with Crippen molar-refractivity contribution in [3.63, 3.8) is 0 Å². The molecule has 2 atom stereocenters. The van der Waals surface area contributed by atoms with Crippen LogP contribution >= 0.6 is 0 Å². The number of hydrogen-bond acceptors (Lipinski definition) is 4. The first kappa shape index (κ1) is 28.4. The lowest BCUT2D eigenvalue weighted by molar-refractivity contribution is -0.247. The zero-order valence-corrected chi connectivity index (χ0v) is 23.5. The van der Waals surface area contributed by atoms with Crippen LogP contribution in [0.2, 0.25) is 0 Å². The quantitative estimate of drug-likeness (QED) is 0.231. The lowest BCUT2D eigenvalue weighted by Gasteiger charge is -2.31. The number of hydrogen-bond donors (Lipinski definition) is 1. The van der Waals surface area contributed by atoms with Crippen molar-refractivity contribution < 1.29 is 22.7 Å². The molecule has 3 heterocycles. The molecule has 42 heavy (non-hydrogen) atoms. The van der Waals surface area contributed by atoms with Gasteiger partial charge in [0.15, 0.2) is 0 Å². The van der Waals surface area contributed by atoms with Crippen LogP contribution in [0.1, 0.15) is 24.0 Å². The van der Waals surface area contributed by atoms with Gasteiger partial charge >= 0.3 is 6.18 Å². The molecule has 10 heteroatoms. The lowest BCUT2D eigenvalue weighted by atomic mass is 9.85. The van der Waals surface area contributed by atoms with Gasteiger partial charge in [0.2, 0.25) is 5.60 Å². The highest BCUT2D eigenvalue weighted by Crippen LogP contribution is 2.47. The summed E-state index contributed by atoms with van der Waals surface area (Å²) in [7, 11) is 4.16. The number of aromatic nitrogens is 3. The monoisotopic (exact) mass is 579 g/mol. The van der Waals surface area contributed by atoms with Crippen molar-refractivity contribution in [2.45, 2.75) is 37.2 Å². The van der Waals surface area contributed by atoms with E-state index >= 15 is 0 Å². The van der Waals surface area contributed by atoms with E-state index in [2.05, 4.69) is 29.0 Å². The Morgan fingerprint density at radius 1 is 0.976 bits per heavy atom. The van der Waals surface area contributed by atoms with Crippen LogP contribution in [0.3, 0.4) is 0 Å². The summed E-state index contributed by atoms with van der Waals surface area (Å²) in [5, 5.41) is 16.8. The van der Waals surface area contributed by atoms with E-state index in [1.807, 2.05) is 4.57 Å². The Bertz CT molecular complexity index is 1710. The first-order valence-electron chi connectivity index (χ1n) is 14.1. The molecule has 0 spiro atoms. The van der Waals surface area contributed by atoms with Gasteiger partial charge in [-0.15, -0.1) is 0 Å². The maximum absolute atomic E-state index is 15.0. The number of rotatable bonds is 8. The predicted octanol–water partition coefficient (Wildman–Crippen LogP) is 5.94. The topological polar surface area (TPSA) is 49.5 Å². The Kier molecular flexibility index (Phi) is 7.32. The van der Waals surface area contributed by atoms with Crippen molar-refractivity contribution in [3.05, 3.63) is 96.1 Å². The molecule has 1 saturated heterocycles. The molecule has 0 bridgehead atoms. The first-order valence-corrected chi connectivity index (χ1v) is 14.1. The molecule has 0 aliphatic carbocycles. The number of aryl methyl sites for hydroxylation is 1. The highest BCUT2D eigenvalue weighted by Gasteiger charge is 2.57. The number of benzene rings is 3. The minimum absolute atomic E-state index is 0.204. The maximum Gasteiger partial charge on any atom is 0.425 e. The van der Waals surface area contributed by atoms with E-state index in [1.165, 1.54) is 47.4 Å². The summed E-state index contributed by atoms with van der Waals surface area (Å²) in [6, 6.07) is 17.2. The van der Waals surface area contributed by atoms with E-state index in [9.17, 15) is 22.7 Å². The van der Waals surface area contributed by atoms with Gasteiger partial charge in [-0.25, -0.2) is 9.07 Å². The standard InChI is InChI=1S/C32H33F4N5O/c1-38(2)26-14-17-39(20-26)15-5-16-40-21-28(27-6-3-4-7-30(27)40)31(42,32(34,35)36)23-8-13-29-22(18-23)19-37-41(29)25-11-9-24(33)10-12-25/h3-4,6-13,18-19,21,26,42H,5,14-17,20H2,1-2H3/t26-,31?/m1/s1. The summed E-state index contributed by atoms with van der Waals surface area (Å²) >= 11 is 0. The molecule has 220 valence electrons. The van der Waals surface area contributed by atoms with Crippen molar-refractivity contribution in [1.29, 1.82) is 0 Å². The van der Waals surface area contributed by atoms with Crippen LogP contribution in [0, 0.1) is 5.82 Å². The minimum Gasteiger partial charge on any atom is -0.372 e. The average Bonchev–Trinajstić information content (AvgIpc) is 3.70. The molecule has 6 rings (SSSR count). The van der Waals surface area contributed by atoms with Crippen molar-refractivity contribution in [2.24, 2.45) is 0 Å². The summed E-state index contributed by atoms with van der Waals surface area (Å²) in [4.78, 5) is 4.62. The molecule has 1 aliphatic heterocycles. The Hall–Kier alpha value is -3.73. The first-order chi connectivity index (χ1) is 20.1. The number of alkyl halides is 3. The van der Waals surface area contributed by atoms with Crippen LogP contribution in [-0.2, 0) is 12.1 Å². The lowest BCUT2D eigenvalue weighted by Crippen LogP contribution is -2.43. The summed E-state index contributed by atoms with van der Waals surface area (Å²) in [5.41, 5.74) is -2.00. The minimum atomic E-state index is -5.00. The van der Waals surface area contributed by atoms with E-state index in [1.54, 1.807) is 36.4 Å². The van der Waals surface area contributed by atoms with Gasteiger partial charge in [-0.1, -0.05) is 24.3 Å². The molecule has 6 nitrogen and oxygen atoms in total. The van der Waals surface area contributed by atoms with E-state index < -0.39 is 17.6 Å². The van der Waals surface area contributed by atoms with Crippen LogP contribution in [0.25, 0.3) is 27.5 Å². The number of aliphatic hydroxyl groups is 1. The number of nitrogens with zero attached hydrogens (tertiary/aromatic N) is 5. The van der Waals surface area contributed by atoms with Gasteiger partial charge < -0.3 is 19.5 Å². The van der Waals surface area contributed by atoms with Crippen LogP contribution in [0.4, 0.5) is 17.6 Å². The normalized spacial score (nSPS) is 18.0. The van der Waals surface area contributed by atoms with E-state index in [0.717, 1.165) is 32.5 Å². The summed E-state index contributed by atoms with van der Waals surface area (Å²) in [6.07, 6.45) is -0.218. The highest BCUT2D eigenvalue weighted by molar-refractivity contribution is 5.87. The predicted molar refractivity (Wildman–Crippen MR) is 155 cm³/mol. The largest absolute Gasteiger partial charge is 0.425 e. The van der Waals surface area contributed by atoms with Gasteiger partial charge in [0.05, 0.1) is 17.4 Å². The fraction of sp³-hybridized carbons (Fsp3) is 0.344. The second kappa shape index (κ2) is 10.8. The number of fused-ring (bicyclic) bond motifs is 2. The molecule has 1 aliphatic rings. The van der Waals surface area contributed by atoms with Crippen LogP contribution in [0.5, 0.6) is 0 Å². The third kappa shape index (κ3) is 4.97. The zero-order valence-electron chi connectivity index (χ0n) is 23.5. The summed E-state index contributed by atoms with van der Waals surface area (Å²) in [6.45, 7) is 3.37. The SMILES string of the molecule is CN(C)[C@@H]1CCN(CCCn2cc(C(O)(c3ccc4c(cnn4-c4ccc(F)cc4)c3)C(F)(F)F)c3ccccc32)C1. The Morgan fingerprint density at radius 3 is 2.45 bits per heavy atom. The molecule has 1 fully saturated rings. The second-order valence-electron chi connectivity index (χ2n) is 11.3. The maximum atomic E-state index is 15.0. The van der Waals surface area contributed by atoms with E-state index in [0.29, 0.717) is 40.1 Å². The van der Waals surface area contributed by atoms with E-state index in [-0.39, 0.29) is 11.1 Å². The molecular weight excluding hydrogens is 546 g/mol.